The van der Waals surface area contributed by atoms with Crippen LogP contribution in [0.5, 0.6) is 17.2 Å². The molecule has 3 rings (SSSR count). The number of urea groups is 1. The van der Waals surface area contributed by atoms with Gasteiger partial charge in [0.15, 0.2) is 5.69 Å². The van der Waals surface area contributed by atoms with E-state index in [2.05, 4.69) is 15.4 Å². The molecule has 0 aliphatic rings. The number of aromatic nitrogens is 1. The van der Waals surface area contributed by atoms with E-state index in [1.807, 2.05) is 0 Å². The molecule has 2 aromatic carbocycles. The van der Waals surface area contributed by atoms with Gasteiger partial charge in [-0.2, -0.15) is 0 Å². The number of aromatic hydroxyl groups is 1. The summed E-state index contributed by atoms with van der Waals surface area (Å²) < 4.78 is 49.5. The number of ether oxygens (including phenoxy) is 2. The number of rotatable bonds is 8. The highest BCUT2D eigenvalue weighted by atomic mass is 19.4. The number of halogens is 3. The maximum Gasteiger partial charge on any atom is 0.573 e. The number of carboxylic acids is 1. The van der Waals surface area contributed by atoms with E-state index >= 15 is 0 Å². The van der Waals surface area contributed by atoms with Crippen LogP contribution in [0.15, 0.2) is 59.5 Å². The molecule has 3 aromatic rings. The predicted octanol–water partition coefficient (Wildman–Crippen LogP) is 4.00. The average Bonchev–Trinajstić information content (AvgIpc) is 2.83. The van der Waals surface area contributed by atoms with Crippen LogP contribution in [0.1, 0.15) is 18.0 Å². The van der Waals surface area contributed by atoms with Gasteiger partial charge in [-0.3, -0.25) is 9.59 Å². The summed E-state index contributed by atoms with van der Waals surface area (Å²) in [6, 6.07) is 8.44. The molecule has 0 aliphatic heterocycles. The fraction of sp³-hybridized carbons (Fsp3) is 0.208. The first-order chi connectivity index (χ1) is 17.4. The molecule has 37 heavy (non-hydrogen) atoms. The molecule has 0 saturated carbocycles. The van der Waals surface area contributed by atoms with Crippen LogP contribution in [0.3, 0.4) is 0 Å². The topological polar surface area (TPSA) is 139 Å². The lowest BCUT2D eigenvalue weighted by molar-refractivity contribution is -0.274. The Balaban J connectivity index is 2.01. The van der Waals surface area contributed by atoms with Gasteiger partial charge in [-0.25, -0.2) is 4.79 Å². The smallest absolute Gasteiger partial charge is 0.505 e. The molecule has 4 N–H and O–H groups in total. The molecule has 2 amide bonds. The van der Waals surface area contributed by atoms with E-state index < -0.39 is 53.6 Å². The number of nitrogens with one attached hydrogen (secondary N) is 2. The monoisotopic (exact) mass is 521 g/mol. The summed E-state index contributed by atoms with van der Waals surface area (Å²) >= 11 is 0. The van der Waals surface area contributed by atoms with Gasteiger partial charge in [-0.05, 0) is 41.5 Å². The molecule has 10 nitrogen and oxygen atoms in total. The number of pyridine rings is 1. The number of aliphatic carboxylic acids is 1. The van der Waals surface area contributed by atoms with Crippen LogP contribution in [0.2, 0.25) is 0 Å². The van der Waals surface area contributed by atoms with Crippen LogP contribution in [0.4, 0.5) is 23.7 Å². The van der Waals surface area contributed by atoms with E-state index in [4.69, 9.17) is 4.74 Å². The molecule has 1 atom stereocenters. The number of alkyl halides is 3. The van der Waals surface area contributed by atoms with Crippen molar-refractivity contribution < 1.29 is 42.4 Å². The third kappa shape index (κ3) is 6.93. The molecule has 0 aliphatic carbocycles. The number of aryl methyl sites for hydroxylation is 1. The normalized spacial score (nSPS) is 11.9. The molecule has 196 valence electrons. The Kier molecular flexibility index (Phi) is 7.95. The SMILES string of the molecule is COc1cccc(-c2cc(C(CC(=O)O)NC(=O)Nc3c(O)ccn(C)c3=O)ccc2OC(F)(F)F)c1. The van der Waals surface area contributed by atoms with Gasteiger partial charge in [-0.15, -0.1) is 13.2 Å². The van der Waals surface area contributed by atoms with Crippen LogP contribution in [-0.2, 0) is 11.8 Å². The van der Waals surface area contributed by atoms with Gasteiger partial charge in [0.2, 0.25) is 0 Å². The maximum atomic E-state index is 13.0. The molecule has 1 unspecified atom stereocenters. The van der Waals surface area contributed by atoms with Crippen molar-refractivity contribution in [3.05, 3.63) is 70.6 Å². The number of nitrogens with zero attached hydrogens (tertiary/aromatic N) is 1. The minimum Gasteiger partial charge on any atom is -0.505 e. The summed E-state index contributed by atoms with van der Waals surface area (Å²) in [6.45, 7) is 0. The second-order valence-electron chi connectivity index (χ2n) is 7.78. The predicted molar refractivity (Wildman–Crippen MR) is 126 cm³/mol. The third-order valence-electron chi connectivity index (χ3n) is 5.18. The number of carbonyl (C=O) groups excluding carboxylic acids is 1. The van der Waals surface area contributed by atoms with E-state index in [1.54, 1.807) is 12.1 Å². The second-order valence-corrected chi connectivity index (χ2v) is 7.78. The van der Waals surface area contributed by atoms with Crippen LogP contribution < -0.4 is 25.7 Å². The standard InChI is InChI=1S/C24H22F3N3O7/c1-30-9-8-18(31)21(22(30)34)29-23(35)28-17(12-20(32)33)14-6-7-19(37-24(25,26)27)16(11-14)13-4-3-5-15(10-13)36-2/h3-11,17,31H,12H2,1-2H3,(H,32,33)(H2,28,29,35). The molecular weight excluding hydrogens is 499 g/mol. The Hall–Kier alpha value is -4.68. The first kappa shape index (κ1) is 26.9. The summed E-state index contributed by atoms with van der Waals surface area (Å²) in [6.07, 6.45) is -4.38. The molecule has 1 aromatic heterocycles. The maximum absolute atomic E-state index is 13.0. The highest BCUT2D eigenvalue weighted by Gasteiger charge is 2.33. The molecule has 0 saturated heterocycles. The first-order valence-corrected chi connectivity index (χ1v) is 10.6. The molecule has 0 radical (unpaired) electrons. The lowest BCUT2D eigenvalue weighted by atomic mass is 9.96. The first-order valence-electron chi connectivity index (χ1n) is 10.6. The van der Waals surface area contributed by atoms with Gasteiger partial charge in [0.25, 0.3) is 5.56 Å². The molecule has 0 spiro atoms. The summed E-state index contributed by atoms with van der Waals surface area (Å²) in [5.74, 6) is -2.03. The fourth-order valence-electron chi connectivity index (χ4n) is 3.47. The van der Waals surface area contributed by atoms with Crippen molar-refractivity contribution in [2.24, 2.45) is 7.05 Å². The van der Waals surface area contributed by atoms with Crippen molar-refractivity contribution in [3.8, 4) is 28.4 Å². The number of methoxy groups -OCH3 is 1. The van der Waals surface area contributed by atoms with E-state index in [-0.39, 0.29) is 16.7 Å². The molecule has 0 fully saturated rings. The van der Waals surface area contributed by atoms with Gasteiger partial charge < -0.3 is 34.9 Å². The van der Waals surface area contributed by atoms with Gasteiger partial charge in [0.05, 0.1) is 19.6 Å². The highest BCUT2D eigenvalue weighted by molar-refractivity contribution is 5.91. The van der Waals surface area contributed by atoms with Crippen molar-refractivity contribution in [2.75, 3.05) is 12.4 Å². The Labute approximate surface area is 207 Å². The summed E-state index contributed by atoms with van der Waals surface area (Å²) in [4.78, 5) is 36.4. The van der Waals surface area contributed by atoms with Gasteiger partial charge >= 0.3 is 18.4 Å². The van der Waals surface area contributed by atoms with E-state index in [9.17, 15) is 37.8 Å². The number of hydrogen-bond acceptors (Lipinski definition) is 6. The molecular formula is C24H22F3N3O7. The molecule has 0 bridgehead atoms. The highest BCUT2D eigenvalue weighted by Crippen LogP contribution is 2.37. The van der Waals surface area contributed by atoms with Crippen molar-refractivity contribution >= 4 is 17.7 Å². The quantitative estimate of drug-likeness (QED) is 0.351. The van der Waals surface area contributed by atoms with Crippen LogP contribution in [-0.4, -0.2) is 40.3 Å². The number of carboxylic acid groups (broad SMARTS) is 1. The molecule has 13 heteroatoms. The van der Waals surface area contributed by atoms with Gasteiger partial charge in [0.1, 0.15) is 17.2 Å². The minimum absolute atomic E-state index is 0.0408. The van der Waals surface area contributed by atoms with Gasteiger partial charge in [0, 0.05) is 18.8 Å². The zero-order valence-electron chi connectivity index (χ0n) is 19.5. The minimum atomic E-state index is -5.00. The van der Waals surface area contributed by atoms with Crippen LogP contribution >= 0.6 is 0 Å². The Morgan fingerprint density at radius 3 is 2.51 bits per heavy atom. The largest absolute Gasteiger partial charge is 0.573 e. The summed E-state index contributed by atoms with van der Waals surface area (Å²) in [5.41, 5.74) is -0.797. The molecule has 1 heterocycles. The fourth-order valence-corrected chi connectivity index (χ4v) is 3.47. The van der Waals surface area contributed by atoms with Crippen molar-refractivity contribution in [2.45, 2.75) is 18.8 Å². The zero-order valence-corrected chi connectivity index (χ0v) is 19.5. The summed E-state index contributed by atoms with van der Waals surface area (Å²) in [7, 11) is 2.77. The van der Waals surface area contributed by atoms with Crippen molar-refractivity contribution in [3.63, 3.8) is 0 Å². The average molecular weight is 521 g/mol. The Morgan fingerprint density at radius 1 is 1.14 bits per heavy atom. The van der Waals surface area contributed by atoms with Crippen molar-refractivity contribution in [1.29, 1.82) is 0 Å². The Bertz CT molecular complexity index is 1370. The number of anilines is 1. The Morgan fingerprint density at radius 2 is 1.86 bits per heavy atom. The number of carbonyl (C=O) groups is 2. The number of benzene rings is 2. The third-order valence-corrected chi connectivity index (χ3v) is 5.18. The lowest BCUT2D eigenvalue weighted by Gasteiger charge is -2.21. The number of hydrogen-bond donors (Lipinski definition) is 4. The lowest BCUT2D eigenvalue weighted by Crippen LogP contribution is -2.36. The van der Waals surface area contributed by atoms with E-state index in [0.29, 0.717) is 5.75 Å². The van der Waals surface area contributed by atoms with Crippen molar-refractivity contribution in [1.82, 2.24) is 9.88 Å². The van der Waals surface area contributed by atoms with E-state index in [1.165, 1.54) is 50.7 Å². The van der Waals surface area contributed by atoms with Crippen LogP contribution in [0.25, 0.3) is 11.1 Å². The second kappa shape index (κ2) is 10.9. The van der Waals surface area contributed by atoms with E-state index in [0.717, 1.165) is 10.6 Å². The number of amides is 2. The summed E-state index contributed by atoms with van der Waals surface area (Å²) in [5, 5.41) is 23.9. The van der Waals surface area contributed by atoms with Gasteiger partial charge in [-0.1, -0.05) is 18.2 Å². The zero-order chi connectivity index (χ0) is 27.3. The van der Waals surface area contributed by atoms with Crippen LogP contribution in [0, 0.1) is 0 Å².